The molecule has 0 spiro atoms. The molecule has 0 unspecified atom stereocenters. The van der Waals surface area contributed by atoms with Crippen molar-refractivity contribution in [2.24, 2.45) is 0 Å². The standard InChI is InChI=1S/C15H12ClFN6/c16-12-6-11(3-4-13(12)17)21-14-9-20-23-15(22-14)19-8-10-2-1-5-18-7-10/h1-7,9H,8H2,(H2,19,21,22,23). The highest BCUT2D eigenvalue weighted by Crippen LogP contribution is 2.21. The van der Waals surface area contributed by atoms with Crippen molar-refractivity contribution in [3.63, 3.8) is 0 Å². The lowest BCUT2D eigenvalue weighted by atomic mass is 10.3. The van der Waals surface area contributed by atoms with Crippen molar-refractivity contribution in [1.29, 1.82) is 0 Å². The van der Waals surface area contributed by atoms with Crippen LogP contribution in [0, 0.1) is 5.82 Å². The normalized spacial score (nSPS) is 10.3. The first kappa shape index (κ1) is 15.1. The molecule has 6 nitrogen and oxygen atoms in total. The van der Waals surface area contributed by atoms with Gasteiger partial charge in [-0.05, 0) is 29.8 Å². The predicted octanol–water partition coefficient (Wildman–Crippen LogP) is 3.41. The van der Waals surface area contributed by atoms with Gasteiger partial charge in [0, 0.05) is 24.6 Å². The highest BCUT2D eigenvalue weighted by molar-refractivity contribution is 6.31. The average molecular weight is 331 g/mol. The van der Waals surface area contributed by atoms with Gasteiger partial charge in [-0.25, -0.2) is 4.39 Å². The number of hydrogen-bond donors (Lipinski definition) is 2. The van der Waals surface area contributed by atoms with E-state index in [-0.39, 0.29) is 5.02 Å². The quantitative estimate of drug-likeness (QED) is 0.746. The van der Waals surface area contributed by atoms with Gasteiger partial charge in [0.1, 0.15) is 5.82 Å². The van der Waals surface area contributed by atoms with E-state index in [1.165, 1.54) is 18.3 Å². The van der Waals surface area contributed by atoms with Crippen LogP contribution in [0.3, 0.4) is 0 Å². The van der Waals surface area contributed by atoms with Crippen molar-refractivity contribution in [3.05, 3.63) is 65.3 Å². The summed E-state index contributed by atoms with van der Waals surface area (Å²) in [6.07, 6.45) is 4.93. The molecule has 23 heavy (non-hydrogen) atoms. The van der Waals surface area contributed by atoms with E-state index in [1.807, 2.05) is 12.1 Å². The lowest BCUT2D eigenvalue weighted by molar-refractivity contribution is 0.628. The number of halogens is 2. The van der Waals surface area contributed by atoms with Crippen molar-refractivity contribution in [2.75, 3.05) is 10.6 Å². The Hall–Kier alpha value is -2.80. The van der Waals surface area contributed by atoms with Gasteiger partial charge in [0.25, 0.3) is 0 Å². The first-order valence-corrected chi connectivity index (χ1v) is 7.13. The second-order valence-electron chi connectivity index (χ2n) is 4.63. The molecule has 116 valence electrons. The van der Waals surface area contributed by atoms with Crippen LogP contribution in [0.2, 0.25) is 5.02 Å². The van der Waals surface area contributed by atoms with Crippen LogP contribution >= 0.6 is 11.6 Å². The SMILES string of the molecule is Fc1ccc(Nc2cnnc(NCc3cccnc3)n2)cc1Cl. The van der Waals surface area contributed by atoms with Gasteiger partial charge in [-0.15, -0.1) is 5.10 Å². The Labute approximate surface area is 136 Å². The smallest absolute Gasteiger partial charge is 0.244 e. The molecule has 0 bridgehead atoms. The van der Waals surface area contributed by atoms with Crippen molar-refractivity contribution in [3.8, 4) is 0 Å². The summed E-state index contributed by atoms with van der Waals surface area (Å²) < 4.78 is 13.2. The number of aromatic nitrogens is 4. The summed E-state index contributed by atoms with van der Waals surface area (Å²) in [5.41, 5.74) is 1.61. The zero-order valence-electron chi connectivity index (χ0n) is 11.9. The Balaban J connectivity index is 1.68. The van der Waals surface area contributed by atoms with E-state index in [4.69, 9.17) is 11.6 Å². The molecule has 1 aromatic carbocycles. The van der Waals surface area contributed by atoms with Gasteiger partial charge >= 0.3 is 0 Å². The summed E-state index contributed by atoms with van der Waals surface area (Å²) in [5, 5.41) is 13.9. The highest BCUT2D eigenvalue weighted by atomic mass is 35.5. The van der Waals surface area contributed by atoms with Gasteiger partial charge in [-0.2, -0.15) is 10.1 Å². The van der Waals surface area contributed by atoms with Gasteiger partial charge in [-0.1, -0.05) is 17.7 Å². The summed E-state index contributed by atoms with van der Waals surface area (Å²) >= 11 is 5.75. The number of nitrogens with one attached hydrogen (secondary N) is 2. The summed E-state index contributed by atoms with van der Waals surface area (Å²) in [5.74, 6) is 0.361. The van der Waals surface area contributed by atoms with Gasteiger partial charge in [0.05, 0.1) is 11.2 Å². The number of nitrogens with zero attached hydrogens (tertiary/aromatic N) is 4. The van der Waals surface area contributed by atoms with E-state index in [2.05, 4.69) is 30.8 Å². The number of anilines is 3. The molecule has 0 radical (unpaired) electrons. The number of hydrogen-bond acceptors (Lipinski definition) is 6. The van der Waals surface area contributed by atoms with Gasteiger partial charge in [0.2, 0.25) is 5.95 Å². The molecule has 0 aliphatic heterocycles. The molecule has 0 aliphatic rings. The van der Waals surface area contributed by atoms with Crippen LogP contribution in [-0.2, 0) is 6.54 Å². The van der Waals surface area contributed by atoms with Crippen LogP contribution in [0.1, 0.15) is 5.56 Å². The highest BCUT2D eigenvalue weighted by Gasteiger charge is 2.04. The first-order valence-electron chi connectivity index (χ1n) is 6.75. The Morgan fingerprint density at radius 2 is 2.09 bits per heavy atom. The van der Waals surface area contributed by atoms with Crippen LogP contribution in [0.25, 0.3) is 0 Å². The average Bonchev–Trinajstić information content (AvgIpc) is 2.58. The lowest BCUT2D eigenvalue weighted by Gasteiger charge is -2.08. The van der Waals surface area contributed by atoms with Crippen LogP contribution in [0.5, 0.6) is 0 Å². The van der Waals surface area contributed by atoms with Crippen molar-refractivity contribution in [1.82, 2.24) is 20.2 Å². The minimum absolute atomic E-state index is 0.0342. The number of benzene rings is 1. The van der Waals surface area contributed by atoms with E-state index in [0.717, 1.165) is 5.56 Å². The molecule has 0 atom stereocenters. The third kappa shape index (κ3) is 4.10. The van der Waals surface area contributed by atoms with E-state index < -0.39 is 5.82 Å². The predicted molar refractivity (Wildman–Crippen MR) is 86.1 cm³/mol. The molecule has 3 aromatic rings. The summed E-state index contributed by atoms with van der Waals surface area (Å²) in [6.45, 7) is 0.529. The molecule has 0 saturated heterocycles. The van der Waals surface area contributed by atoms with Gasteiger partial charge < -0.3 is 10.6 Å². The zero-order chi connectivity index (χ0) is 16.1. The number of rotatable bonds is 5. The largest absolute Gasteiger partial charge is 0.349 e. The maximum atomic E-state index is 13.2. The van der Waals surface area contributed by atoms with E-state index in [1.54, 1.807) is 18.5 Å². The first-order chi connectivity index (χ1) is 11.2. The molecule has 2 heterocycles. The minimum Gasteiger partial charge on any atom is -0.349 e. The fraction of sp³-hybridized carbons (Fsp3) is 0.0667. The summed E-state index contributed by atoms with van der Waals surface area (Å²) in [7, 11) is 0. The lowest BCUT2D eigenvalue weighted by Crippen LogP contribution is -2.06. The molecule has 3 rings (SSSR count). The third-order valence-corrected chi connectivity index (χ3v) is 3.21. The van der Waals surface area contributed by atoms with E-state index >= 15 is 0 Å². The van der Waals surface area contributed by atoms with E-state index in [0.29, 0.717) is 24.0 Å². The Morgan fingerprint density at radius 3 is 2.87 bits per heavy atom. The van der Waals surface area contributed by atoms with Gasteiger partial charge in [-0.3, -0.25) is 4.98 Å². The molecule has 8 heteroatoms. The van der Waals surface area contributed by atoms with Crippen LogP contribution in [-0.4, -0.2) is 20.2 Å². The van der Waals surface area contributed by atoms with Crippen molar-refractivity contribution < 1.29 is 4.39 Å². The second-order valence-corrected chi connectivity index (χ2v) is 5.04. The third-order valence-electron chi connectivity index (χ3n) is 2.92. The minimum atomic E-state index is -0.475. The fourth-order valence-electron chi connectivity index (χ4n) is 1.84. The molecular weight excluding hydrogens is 319 g/mol. The number of pyridine rings is 1. The monoisotopic (exact) mass is 330 g/mol. The molecule has 0 saturated carbocycles. The topological polar surface area (TPSA) is 75.6 Å². The fourth-order valence-corrected chi connectivity index (χ4v) is 2.02. The molecule has 0 amide bonds. The van der Waals surface area contributed by atoms with Crippen LogP contribution in [0.4, 0.5) is 21.8 Å². The maximum Gasteiger partial charge on any atom is 0.244 e. The van der Waals surface area contributed by atoms with Crippen LogP contribution in [0.15, 0.2) is 48.9 Å². The Kier molecular flexibility index (Phi) is 4.58. The summed E-state index contributed by atoms with van der Waals surface area (Å²) in [4.78, 5) is 8.32. The second kappa shape index (κ2) is 6.97. The Morgan fingerprint density at radius 1 is 1.17 bits per heavy atom. The zero-order valence-corrected chi connectivity index (χ0v) is 12.6. The molecule has 2 aromatic heterocycles. The van der Waals surface area contributed by atoms with Crippen molar-refractivity contribution >= 4 is 29.1 Å². The van der Waals surface area contributed by atoms with E-state index in [9.17, 15) is 4.39 Å². The molecule has 0 fully saturated rings. The summed E-state index contributed by atoms with van der Waals surface area (Å²) in [6, 6.07) is 8.11. The maximum absolute atomic E-state index is 13.2. The van der Waals surface area contributed by atoms with Crippen molar-refractivity contribution in [2.45, 2.75) is 6.54 Å². The Bertz CT molecular complexity index is 799. The molecular formula is C15H12ClFN6. The molecule has 0 aliphatic carbocycles. The molecule has 2 N–H and O–H groups in total. The van der Waals surface area contributed by atoms with Gasteiger partial charge in [0.15, 0.2) is 5.82 Å². The van der Waals surface area contributed by atoms with Crippen LogP contribution < -0.4 is 10.6 Å².